The number of rotatable bonds is 6. The number of nitrogens with one attached hydrogen (secondary N) is 1. The Kier molecular flexibility index (Phi) is 6.34. The molecule has 1 aliphatic rings. The summed E-state index contributed by atoms with van der Waals surface area (Å²) in [5, 5.41) is 0. The summed E-state index contributed by atoms with van der Waals surface area (Å²) in [6, 6.07) is 21.3. The third-order valence-electron chi connectivity index (χ3n) is 5.75. The first-order valence-corrected chi connectivity index (χ1v) is 12.1. The molecular weight excluding hydrogens is 416 g/mol. The lowest BCUT2D eigenvalue weighted by Crippen LogP contribution is -2.35. The zero-order valence-electron chi connectivity index (χ0n) is 18.1. The van der Waals surface area contributed by atoms with Crippen LogP contribution in [0.4, 0.5) is 0 Å². The van der Waals surface area contributed by atoms with E-state index >= 15 is 0 Å². The Morgan fingerprint density at radius 2 is 1.72 bits per heavy atom. The van der Waals surface area contributed by atoms with Crippen LogP contribution in [0, 0.1) is 0 Å². The van der Waals surface area contributed by atoms with E-state index in [0.29, 0.717) is 0 Å². The SMILES string of the molecule is CSc1cccc(-c2nc(-c3ccc(CN4CCOCC4)cc3)[nH]c2-c2ccncc2)c1. The van der Waals surface area contributed by atoms with Gasteiger partial charge in [0.15, 0.2) is 0 Å². The van der Waals surface area contributed by atoms with E-state index in [1.807, 2.05) is 24.5 Å². The highest BCUT2D eigenvalue weighted by atomic mass is 32.2. The molecule has 5 nitrogen and oxygen atoms in total. The van der Waals surface area contributed by atoms with E-state index in [1.54, 1.807) is 11.8 Å². The van der Waals surface area contributed by atoms with Gasteiger partial charge in [0.05, 0.1) is 24.6 Å². The predicted octanol–water partition coefficient (Wildman–Crippen LogP) is 5.36. The molecule has 162 valence electrons. The number of hydrogen-bond donors (Lipinski definition) is 1. The number of aromatic nitrogens is 3. The van der Waals surface area contributed by atoms with Crippen molar-refractivity contribution in [3.05, 3.63) is 78.6 Å². The zero-order valence-corrected chi connectivity index (χ0v) is 18.9. The molecule has 0 saturated carbocycles. The van der Waals surface area contributed by atoms with Crippen LogP contribution in [-0.2, 0) is 11.3 Å². The first-order valence-electron chi connectivity index (χ1n) is 10.8. The lowest BCUT2D eigenvalue weighted by molar-refractivity contribution is 0.0342. The molecule has 1 N–H and O–H groups in total. The number of ether oxygens (including phenoxy) is 1. The van der Waals surface area contributed by atoms with Gasteiger partial charge in [-0.15, -0.1) is 11.8 Å². The fraction of sp³-hybridized carbons (Fsp3) is 0.231. The smallest absolute Gasteiger partial charge is 0.138 e. The minimum atomic E-state index is 0.822. The van der Waals surface area contributed by atoms with Gasteiger partial charge in [0.1, 0.15) is 5.82 Å². The highest BCUT2D eigenvalue weighted by molar-refractivity contribution is 7.98. The number of H-pyrrole nitrogens is 1. The number of thioether (sulfide) groups is 1. The molecule has 0 atom stereocenters. The predicted molar refractivity (Wildman–Crippen MR) is 131 cm³/mol. The minimum Gasteiger partial charge on any atom is -0.379 e. The lowest BCUT2D eigenvalue weighted by atomic mass is 10.1. The van der Waals surface area contributed by atoms with Crippen molar-refractivity contribution < 1.29 is 4.74 Å². The molecule has 0 amide bonds. The summed E-state index contributed by atoms with van der Waals surface area (Å²) < 4.78 is 5.46. The summed E-state index contributed by atoms with van der Waals surface area (Å²) in [4.78, 5) is 16.4. The lowest BCUT2D eigenvalue weighted by Gasteiger charge is -2.26. The molecule has 0 spiro atoms. The van der Waals surface area contributed by atoms with Crippen molar-refractivity contribution in [3.63, 3.8) is 0 Å². The molecule has 1 fully saturated rings. The van der Waals surface area contributed by atoms with Crippen LogP contribution < -0.4 is 0 Å². The van der Waals surface area contributed by atoms with Crippen LogP contribution in [0.1, 0.15) is 5.56 Å². The van der Waals surface area contributed by atoms with Crippen molar-refractivity contribution in [3.8, 4) is 33.9 Å². The molecule has 2 aromatic heterocycles. The Labute approximate surface area is 192 Å². The first-order chi connectivity index (χ1) is 15.8. The van der Waals surface area contributed by atoms with E-state index in [9.17, 15) is 0 Å². The number of morpholine rings is 1. The van der Waals surface area contributed by atoms with Crippen LogP contribution in [0.5, 0.6) is 0 Å². The van der Waals surface area contributed by atoms with Crippen molar-refractivity contribution in [1.82, 2.24) is 19.9 Å². The molecule has 3 heterocycles. The molecule has 0 unspecified atom stereocenters. The summed E-state index contributed by atoms with van der Waals surface area (Å²) in [5.41, 5.74) is 6.54. The van der Waals surface area contributed by atoms with Crippen molar-refractivity contribution in [2.45, 2.75) is 11.4 Å². The number of hydrogen-bond acceptors (Lipinski definition) is 5. The van der Waals surface area contributed by atoms with Gasteiger partial charge in [0.25, 0.3) is 0 Å². The molecule has 1 saturated heterocycles. The van der Waals surface area contributed by atoms with Gasteiger partial charge >= 0.3 is 0 Å². The Balaban J connectivity index is 1.48. The molecule has 0 bridgehead atoms. The van der Waals surface area contributed by atoms with Crippen LogP contribution in [0.2, 0.25) is 0 Å². The van der Waals surface area contributed by atoms with E-state index in [0.717, 1.165) is 66.8 Å². The minimum absolute atomic E-state index is 0.822. The van der Waals surface area contributed by atoms with Gasteiger partial charge < -0.3 is 9.72 Å². The fourth-order valence-corrected chi connectivity index (χ4v) is 4.46. The maximum Gasteiger partial charge on any atom is 0.138 e. The summed E-state index contributed by atoms with van der Waals surface area (Å²) >= 11 is 1.74. The first kappa shape index (κ1) is 20.9. The zero-order chi connectivity index (χ0) is 21.8. The monoisotopic (exact) mass is 442 g/mol. The molecule has 1 aliphatic heterocycles. The quantitative estimate of drug-likeness (QED) is 0.408. The third kappa shape index (κ3) is 4.63. The maximum atomic E-state index is 5.46. The van der Waals surface area contributed by atoms with Gasteiger partial charge in [-0.3, -0.25) is 9.88 Å². The summed E-state index contributed by atoms with van der Waals surface area (Å²) in [6.45, 7) is 4.59. The van der Waals surface area contributed by atoms with Crippen molar-refractivity contribution in [1.29, 1.82) is 0 Å². The van der Waals surface area contributed by atoms with Gasteiger partial charge in [-0.1, -0.05) is 36.4 Å². The molecule has 2 aromatic carbocycles. The average molecular weight is 443 g/mol. The highest BCUT2D eigenvalue weighted by Gasteiger charge is 2.16. The van der Waals surface area contributed by atoms with Crippen LogP contribution in [0.25, 0.3) is 33.9 Å². The third-order valence-corrected chi connectivity index (χ3v) is 6.48. The standard InChI is InChI=1S/C26H26N4OS/c1-32-23-4-2-3-22(17-23)25-24(20-9-11-27-12-10-20)28-26(29-25)21-7-5-19(6-8-21)18-30-13-15-31-16-14-30/h2-12,17H,13-16,18H2,1H3,(H,28,29). The van der Waals surface area contributed by atoms with Crippen LogP contribution in [-0.4, -0.2) is 52.4 Å². The number of benzene rings is 2. The van der Waals surface area contributed by atoms with Gasteiger partial charge in [-0.2, -0.15) is 0 Å². The summed E-state index contributed by atoms with van der Waals surface area (Å²) in [5.74, 6) is 0.874. The Bertz CT molecular complexity index is 1170. The normalized spacial score (nSPS) is 14.5. The number of nitrogens with zero attached hydrogens (tertiary/aromatic N) is 3. The average Bonchev–Trinajstić information content (AvgIpc) is 3.31. The van der Waals surface area contributed by atoms with Crippen LogP contribution in [0.3, 0.4) is 0 Å². The van der Waals surface area contributed by atoms with E-state index in [1.165, 1.54) is 10.5 Å². The van der Waals surface area contributed by atoms with E-state index in [-0.39, 0.29) is 0 Å². The largest absolute Gasteiger partial charge is 0.379 e. The molecule has 5 rings (SSSR count). The van der Waals surface area contributed by atoms with Crippen LogP contribution in [0.15, 0.2) is 78.0 Å². The number of aromatic amines is 1. The summed E-state index contributed by atoms with van der Waals surface area (Å²) in [7, 11) is 0. The second-order valence-corrected chi connectivity index (χ2v) is 8.74. The molecule has 32 heavy (non-hydrogen) atoms. The molecule has 4 aromatic rings. The number of imidazole rings is 1. The Hall–Kier alpha value is -2.93. The van der Waals surface area contributed by atoms with Gasteiger partial charge in [0, 0.05) is 53.6 Å². The second-order valence-electron chi connectivity index (χ2n) is 7.86. The topological polar surface area (TPSA) is 54.0 Å². The molecule has 0 aliphatic carbocycles. The molecular formula is C26H26N4OS. The molecule has 0 radical (unpaired) electrons. The second kappa shape index (κ2) is 9.69. The van der Waals surface area contributed by atoms with Gasteiger partial charge in [0.2, 0.25) is 0 Å². The Morgan fingerprint density at radius 3 is 2.47 bits per heavy atom. The van der Waals surface area contributed by atoms with E-state index < -0.39 is 0 Å². The van der Waals surface area contributed by atoms with Crippen molar-refractivity contribution in [2.24, 2.45) is 0 Å². The van der Waals surface area contributed by atoms with Crippen LogP contribution >= 0.6 is 11.8 Å². The number of pyridine rings is 1. The molecule has 6 heteroatoms. The van der Waals surface area contributed by atoms with E-state index in [2.05, 4.69) is 69.7 Å². The maximum absolute atomic E-state index is 5.46. The van der Waals surface area contributed by atoms with E-state index in [4.69, 9.17) is 9.72 Å². The Morgan fingerprint density at radius 1 is 0.938 bits per heavy atom. The van der Waals surface area contributed by atoms with Crippen molar-refractivity contribution in [2.75, 3.05) is 32.6 Å². The fourth-order valence-electron chi connectivity index (χ4n) is 4.00. The highest BCUT2D eigenvalue weighted by Crippen LogP contribution is 2.34. The summed E-state index contributed by atoms with van der Waals surface area (Å²) in [6.07, 6.45) is 5.73. The van der Waals surface area contributed by atoms with Gasteiger partial charge in [-0.05, 0) is 36.1 Å². The van der Waals surface area contributed by atoms with Crippen molar-refractivity contribution >= 4 is 11.8 Å². The van der Waals surface area contributed by atoms with Gasteiger partial charge in [-0.25, -0.2) is 4.98 Å².